The number of benzene rings is 2. The molecule has 11 heteroatoms. The molecule has 1 saturated heterocycles. The molecular formula is C27H32N6O4S. The minimum Gasteiger partial charge on any atom is -0.493 e. The average molecular weight is 537 g/mol. The summed E-state index contributed by atoms with van der Waals surface area (Å²) in [6.45, 7) is 7.63. The first kappa shape index (κ1) is 25.9. The van der Waals surface area contributed by atoms with Crippen molar-refractivity contribution in [2.24, 2.45) is 0 Å². The Hall–Kier alpha value is -3.70. The summed E-state index contributed by atoms with van der Waals surface area (Å²) in [6.07, 6.45) is 3.91. The molecule has 0 aliphatic carbocycles. The first-order valence-corrected chi connectivity index (χ1v) is 13.9. The van der Waals surface area contributed by atoms with Crippen molar-refractivity contribution in [3.63, 3.8) is 0 Å². The van der Waals surface area contributed by atoms with Crippen LogP contribution in [0.15, 0.2) is 47.8 Å². The summed E-state index contributed by atoms with van der Waals surface area (Å²) < 4.78 is 41.8. The van der Waals surface area contributed by atoms with Crippen molar-refractivity contribution in [3.8, 4) is 22.6 Å². The highest BCUT2D eigenvalue weighted by Gasteiger charge is 2.31. The van der Waals surface area contributed by atoms with Gasteiger partial charge in [0.05, 0.1) is 19.1 Å². The molecule has 5 rings (SSSR count). The highest BCUT2D eigenvalue weighted by molar-refractivity contribution is 7.89. The predicted octanol–water partition coefficient (Wildman–Crippen LogP) is 3.63. The van der Waals surface area contributed by atoms with Crippen molar-refractivity contribution in [3.05, 3.63) is 59.5 Å². The van der Waals surface area contributed by atoms with E-state index in [-0.39, 0.29) is 0 Å². The number of hydrogen-bond acceptors (Lipinski definition) is 8. The lowest BCUT2D eigenvalue weighted by Crippen LogP contribution is -2.36. The lowest BCUT2D eigenvalue weighted by Gasteiger charge is -2.26. The van der Waals surface area contributed by atoms with Gasteiger partial charge in [0, 0.05) is 37.9 Å². The monoisotopic (exact) mass is 536 g/mol. The Morgan fingerprint density at radius 3 is 2.32 bits per heavy atom. The number of rotatable bonds is 6. The quantitative estimate of drug-likeness (QED) is 0.368. The molecule has 10 nitrogen and oxygen atoms in total. The Labute approximate surface area is 222 Å². The molecule has 3 heterocycles. The maximum Gasteiger partial charge on any atom is 0.254 e. The molecule has 0 amide bonds. The third kappa shape index (κ3) is 4.56. The van der Waals surface area contributed by atoms with Crippen LogP contribution in [0.1, 0.15) is 23.1 Å². The highest BCUT2D eigenvalue weighted by Crippen LogP contribution is 2.37. The summed E-state index contributed by atoms with van der Waals surface area (Å²) in [7, 11) is -0.451. The van der Waals surface area contributed by atoms with Gasteiger partial charge in [0.25, 0.3) is 5.78 Å². The molecule has 2 aromatic carbocycles. The lowest BCUT2D eigenvalue weighted by atomic mass is 10.1. The van der Waals surface area contributed by atoms with Crippen molar-refractivity contribution < 1.29 is 17.9 Å². The minimum atomic E-state index is -3.65. The average Bonchev–Trinajstić information content (AvgIpc) is 3.22. The topological polar surface area (TPSA) is 102 Å². The number of hydrogen-bond donors (Lipinski definition) is 0. The number of anilines is 1. The van der Waals surface area contributed by atoms with Crippen molar-refractivity contribution in [2.45, 2.75) is 32.1 Å². The van der Waals surface area contributed by atoms with Gasteiger partial charge in [-0.1, -0.05) is 23.8 Å². The second kappa shape index (κ2) is 10.2. The highest BCUT2D eigenvalue weighted by atomic mass is 32.2. The van der Waals surface area contributed by atoms with Gasteiger partial charge in [-0.2, -0.15) is 18.9 Å². The summed E-state index contributed by atoms with van der Waals surface area (Å²) >= 11 is 0. The second-order valence-electron chi connectivity index (χ2n) is 9.51. The van der Waals surface area contributed by atoms with Gasteiger partial charge in [-0.05, 0) is 56.0 Å². The van der Waals surface area contributed by atoms with Crippen LogP contribution in [-0.2, 0) is 10.0 Å². The van der Waals surface area contributed by atoms with E-state index < -0.39 is 10.0 Å². The summed E-state index contributed by atoms with van der Waals surface area (Å²) in [4.78, 5) is 11.4. The molecule has 0 unspecified atom stereocenters. The number of sulfonamides is 1. The number of fused-ring (bicyclic) bond motifs is 1. The third-order valence-electron chi connectivity index (χ3n) is 6.93. The van der Waals surface area contributed by atoms with Gasteiger partial charge >= 0.3 is 0 Å². The number of aryl methyl sites for hydroxylation is 3. The fraction of sp³-hybridized carbons (Fsp3) is 0.370. The van der Waals surface area contributed by atoms with Gasteiger partial charge in [0.1, 0.15) is 12.1 Å². The SMILES string of the molecule is COc1ccc(-c2cnc3ncnn3c2N2CCCN(S(=O)(=O)c3c(C)cc(C)cc3C)CC2)cc1OC. The molecule has 38 heavy (non-hydrogen) atoms. The van der Waals surface area contributed by atoms with Gasteiger partial charge in [-0.3, -0.25) is 0 Å². The van der Waals surface area contributed by atoms with E-state index >= 15 is 0 Å². The first-order chi connectivity index (χ1) is 18.2. The normalized spacial score (nSPS) is 15.0. The van der Waals surface area contributed by atoms with Gasteiger partial charge in [0.15, 0.2) is 11.5 Å². The Morgan fingerprint density at radius 2 is 1.61 bits per heavy atom. The Bertz CT molecular complexity index is 1580. The minimum absolute atomic E-state index is 0.346. The van der Waals surface area contributed by atoms with E-state index in [1.807, 2.05) is 51.1 Å². The summed E-state index contributed by atoms with van der Waals surface area (Å²) in [5.74, 6) is 2.52. The number of ether oxygens (including phenoxy) is 2. The fourth-order valence-electron chi connectivity index (χ4n) is 5.33. The maximum absolute atomic E-state index is 13.8. The van der Waals surface area contributed by atoms with E-state index in [1.54, 1.807) is 29.2 Å². The molecular weight excluding hydrogens is 504 g/mol. The van der Waals surface area contributed by atoms with E-state index in [0.717, 1.165) is 33.6 Å². The summed E-state index contributed by atoms with van der Waals surface area (Å²) in [5, 5.41) is 4.45. The van der Waals surface area contributed by atoms with Crippen LogP contribution in [0.3, 0.4) is 0 Å². The fourth-order valence-corrected chi connectivity index (χ4v) is 7.21. The summed E-state index contributed by atoms with van der Waals surface area (Å²) in [5.41, 5.74) is 4.32. The molecule has 0 atom stereocenters. The number of methoxy groups -OCH3 is 2. The molecule has 1 aliphatic heterocycles. The molecule has 0 N–H and O–H groups in total. The summed E-state index contributed by atoms with van der Waals surface area (Å²) in [6, 6.07) is 9.56. The number of nitrogens with zero attached hydrogens (tertiary/aromatic N) is 6. The molecule has 2 aromatic heterocycles. The van der Waals surface area contributed by atoms with E-state index in [1.165, 1.54) is 6.33 Å². The number of aromatic nitrogens is 4. The van der Waals surface area contributed by atoms with Crippen molar-refractivity contribution in [1.29, 1.82) is 0 Å². The van der Waals surface area contributed by atoms with Crippen LogP contribution in [0.4, 0.5) is 5.82 Å². The van der Waals surface area contributed by atoms with Gasteiger partial charge in [-0.15, -0.1) is 0 Å². The predicted molar refractivity (Wildman–Crippen MR) is 146 cm³/mol. The Morgan fingerprint density at radius 1 is 0.868 bits per heavy atom. The van der Waals surface area contributed by atoms with E-state index in [4.69, 9.17) is 9.47 Å². The van der Waals surface area contributed by atoms with Crippen molar-refractivity contribution in [1.82, 2.24) is 23.9 Å². The van der Waals surface area contributed by atoms with Crippen molar-refractivity contribution in [2.75, 3.05) is 45.3 Å². The molecule has 0 saturated carbocycles. The van der Waals surface area contributed by atoms with Crippen LogP contribution < -0.4 is 14.4 Å². The molecule has 0 spiro atoms. The van der Waals surface area contributed by atoms with Crippen molar-refractivity contribution >= 4 is 21.6 Å². The molecule has 1 fully saturated rings. The van der Waals surface area contributed by atoms with Crippen LogP contribution in [-0.4, -0.2) is 72.7 Å². The third-order valence-corrected chi connectivity index (χ3v) is 9.14. The van der Waals surface area contributed by atoms with Gasteiger partial charge < -0.3 is 14.4 Å². The molecule has 200 valence electrons. The molecule has 0 radical (unpaired) electrons. The first-order valence-electron chi connectivity index (χ1n) is 12.5. The van der Waals surface area contributed by atoms with Gasteiger partial charge in [-0.25, -0.2) is 13.4 Å². The van der Waals surface area contributed by atoms with Crippen LogP contribution in [0.5, 0.6) is 11.5 Å². The van der Waals surface area contributed by atoms with E-state index in [9.17, 15) is 8.42 Å². The molecule has 0 bridgehead atoms. The standard InChI is InChI=1S/C27H32N6O4S/c1-18-13-19(2)25(20(3)14-18)38(34,35)32-10-6-9-31(11-12-32)26-22(16-28-27-29-17-30-33(26)27)21-7-8-23(36-4)24(15-21)37-5/h7-8,13-17H,6,9-12H2,1-5H3. The van der Waals surface area contributed by atoms with E-state index in [2.05, 4.69) is 20.0 Å². The Kier molecular flexibility index (Phi) is 6.97. The lowest BCUT2D eigenvalue weighted by molar-refractivity contribution is 0.355. The van der Waals surface area contributed by atoms with Crippen LogP contribution in [0.2, 0.25) is 0 Å². The van der Waals surface area contributed by atoms with Gasteiger partial charge in [0.2, 0.25) is 10.0 Å². The second-order valence-corrected chi connectivity index (χ2v) is 11.4. The van der Waals surface area contributed by atoms with Crippen LogP contribution in [0.25, 0.3) is 16.9 Å². The molecule has 1 aliphatic rings. The van der Waals surface area contributed by atoms with Crippen LogP contribution in [0, 0.1) is 20.8 Å². The zero-order valence-electron chi connectivity index (χ0n) is 22.3. The van der Waals surface area contributed by atoms with Crippen LogP contribution >= 0.6 is 0 Å². The Balaban J connectivity index is 1.52. The molecule has 4 aromatic rings. The zero-order valence-corrected chi connectivity index (χ0v) is 23.1. The smallest absolute Gasteiger partial charge is 0.254 e. The van der Waals surface area contributed by atoms with E-state index in [0.29, 0.717) is 54.8 Å². The maximum atomic E-state index is 13.8. The zero-order chi connectivity index (χ0) is 27.0. The largest absolute Gasteiger partial charge is 0.493 e.